The molecule has 2 rings (SSSR count). The summed E-state index contributed by atoms with van der Waals surface area (Å²) < 4.78 is 0. The number of nitrogens with one attached hydrogen (secondary N) is 2. The number of carbonyl (C=O) groups excluding carboxylic acids is 1. The highest BCUT2D eigenvalue weighted by atomic mass is 16.2. The third-order valence-electron chi connectivity index (χ3n) is 3.34. The van der Waals surface area contributed by atoms with Gasteiger partial charge in [-0.25, -0.2) is 4.79 Å². The zero-order valence-corrected chi connectivity index (χ0v) is 13.7. The summed E-state index contributed by atoms with van der Waals surface area (Å²) in [4.78, 5) is 13.9. The van der Waals surface area contributed by atoms with Gasteiger partial charge < -0.3 is 15.5 Å². The molecule has 2 N–H and O–H groups in total. The monoisotopic (exact) mass is 307 g/mol. The Balaban J connectivity index is 1.91. The molecule has 0 aliphatic heterocycles. The number of benzene rings is 2. The van der Waals surface area contributed by atoms with E-state index in [1.807, 2.05) is 74.4 Å². The molecule has 0 atom stereocenters. The van der Waals surface area contributed by atoms with Crippen LogP contribution in [0.15, 0.2) is 48.5 Å². The first-order valence-corrected chi connectivity index (χ1v) is 7.43. The predicted octanol–water partition coefficient (Wildman–Crippen LogP) is 3.23. The number of hydrogen-bond donors (Lipinski definition) is 2. The zero-order chi connectivity index (χ0) is 16.7. The van der Waals surface area contributed by atoms with E-state index in [0.29, 0.717) is 6.54 Å². The van der Waals surface area contributed by atoms with E-state index < -0.39 is 0 Å². The third-order valence-corrected chi connectivity index (χ3v) is 3.34. The summed E-state index contributed by atoms with van der Waals surface area (Å²) in [5, 5.41) is 5.55. The number of urea groups is 1. The first-order valence-electron chi connectivity index (χ1n) is 7.43. The summed E-state index contributed by atoms with van der Waals surface area (Å²) in [6.45, 7) is 2.24. The topological polar surface area (TPSA) is 44.4 Å². The largest absolute Gasteiger partial charge is 0.377 e. The molecule has 4 nitrogen and oxygen atoms in total. The first-order chi connectivity index (χ1) is 11.1. The van der Waals surface area contributed by atoms with Crippen molar-refractivity contribution in [1.29, 1.82) is 0 Å². The summed E-state index contributed by atoms with van der Waals surface area (Å²) in [7, 11) is 3.96. The normalized spacial score (nSPS) is 9.52. The van der Waals surface area contributed by atoms with Crippen molar-refractivity contribution >= 4 is 17.4 Å². The van der Waals surface area contributed by atoms with E-state index in [2.05, 4.69) is 22.5 Å². The SMILES string of the molecule is Cc1ccccc1NC(=O)NCC#Cc1ccccc1N(C)C. The van der Waals surface area contributed by atoms with E-state index in [1.165, 1.54) is 0 Å². The molecule has 2 aromatic rings. The van der Waals surface area contributed by atoms with Gasteiger partial charge >= 0.3 is 6.03 Å². The third kappa shape index (κ3) is 4.79. The minimum Gasteiger partial charge on any atom is -0.377 e. The Kier molecular flexibility index (Phi) is 5.65. The second-order valence-corrected chi connectivity index (χ2v) is 5.34. The van der Waals surface area contributed by atoms with Crippen LogP contribution in [-0.4, -0.2) is 26.7 Å². The van der Waals surface area contributed by atoms with E-state index >= 15 is 0 Å². The van der Waals surface area contributed by atoms with Gasteiger partial charge in [-0.05, 0) is 30.7 Å². The fourth-order valence-corrected chi connectivity index (χ4v) is 2.11. The molecule has 118 valence electrons. The molecule has 0 unspecified atom stereocenters. The maximum absolute atomic E-state index is 11.9. The lowest BCUT2D eigenvalue weighted by Crippen LogP contribution is -2.29. The first kappa shape index (κ1) is 16.4. The van der Waals surface area contributed by atoms with Crippen LogP contribution in [0.4, 0.5) is 16.2 Å². The van der Waals surface area contributed by atoms with Gasteiger partial charge in [-0.15, -0.1) is 0 Å². The number of carbonyl (C=O) groups is 1. The van der Waals surface area contributed by atoms with Gasteiger partial charge in [0.2, 0.25) is 0 Å². The molecule has 0 aliphatic carbocycles. The van der Waals surface area contributed by atoms with Gasteiger partial charge in [-0.1, -0.05) is 42.2 Å². The van der Waals surface area contributed by atoms with Crippen LogP contribution in [0.1, 0.15) is 11.1 Å². The van der Waals surface area contributed by atoms with Crippen LogP contribution in [0, 0.1) is 18.8 Å². The maximum Gasteiger partial charge on any atom is 0.320 e. The van der Waals surface area contributed by atoms with Crippen LogP contribution in [0.3, 0.4) is 0 Å². The standard InChI is InChI=1S/C19H21N3O/c1-15-9-4-6-12-17(15)21-19(23)20-14-8-11-16-10-5-7-13-18(16)22(2)3/h4-7,9-10,12-13H,14H2,1-3H3,(H2,20,21,23). The van der Waals surface area contributed by atoms with Crippen LogP contribution in [0.2, 0.25) is 0 Å². The molecule has 0 heterocycles. The molecule has 0 bridgehead atoms. The number of hydrogen-bond acceptors (Lipinski definition) is 2. The van der Waals surface area contributed by atoms with Gasteiger partial charge in [0.1, 0.15) is 0 Å². The van der Waals surface area contributed by atoms with Crippen molar-refractivity contribution in [3.63, 3.8) is 0 Å². The Bertz CT molecular complexity index is 742. The number of para-hydroxylation sites is 2. The summed E-state index contributed by atoms with van der Waals surface area (Å²) in [5.74, 6) is 6.07. The fourth-order valence-electron chi connectivity index (χ4n) is 2.11. The van der Waals surface area contributed by atoms with Crippen LogP contribution in [0.5, 0.6) is 0 Å². The van der Waals surface area contributed by atoms with Crippen LogP contribution in [-0.2, 0) is 0 Å². The lowest BCUT2D eigenvalue weighted by atomic mass is 10.1. The minimum atomic E-state index is -0.255. The maximum atomic E-state index is 11.9. The average Bonchev–Trinajstić information content (AvgIpc) is 2.54. The number of amides is 2. The highest BCUT2D eigenvalue weighted by Crippen LogP contribution is 2.16. The van der Waals surface area contributed by atoms with E-state index in [1.54, 1.807) is 0 Å². The molecule has 0 fully saturated rings. The van der Waals surface area contributed by atoms with E-state index in [4.69, 9.17) is 0 Å². The molecule has 0 aliphatic rings. The molecule has 0 spiro atoms. The van der Waals surface area contributed by atoms with Crippen LogP contribution >= 0.6 is 0 Å². The van der Waals surface area contributed by atoms with Crippen molar-refractivity contribution in [2.45, 2.75) is 6.92 Å². The Morgan fingerprint density at radius 2 is 1.78 bits per heavy atom. The van der Waals surface area contributed by atoms with Crippen molar-refractivity contribution in [1.82, 2.24) is 5.32 Å². The summed E-state index contributed by atoms with van der Waals surface area (Å²) >= 11 is 0. The average molecular weight is 307 g/mol. The molecule has 0 aromatic heterocycles. The second-order valence-electron chi connectivity index (χ2n) is 5.34. The summed E-state index contributed by atoms with van der Waals surface area (Å²) in [5.41, 5.74) is 3.83. The Labute approximate surface area is 137 Å². The minimum absolute atomic E-state index is 0.255. The van der Waals surface area contributed by atoms with Gasteiger partial charge in [0, 0.05) is 25.3 Å². The van der Waals surface area contributed by atoms with E-state index in [0.717, 1.165) is 22.5 Å². The quantitative estimate of drug-likeness (QED) is 0.855. The molecular weight excluding hydrogens is 286 g/mol. The molecule has 0 saturated heterocycles. The summed E-state index contributed by atoms with van der Waals surface area (Å²) in [6, 6.07) is 15.3. The number of aryl methyl sites for hydroxylation is 1. The van der Waals surface area contributed by atoms with Crippen molar-refractivity contribution in [2.24, 2.45) is 0 Å². The van der Waals surface area contributed by atoms with Crippen LogP contribution in [0.25, 0.3) is 0 Å². The van der Waals surface area contributed by atoms with Crippen LogP contribution < -0.4 is 15.5 Å². The van der Waals surface area contributed by atoms with E-state index in [-0.39, 0.29) is 6.03 Å². The van der Waals surface area contributed by atoms with Gasteiger partial charge in [0.15, 0.2) is 0 Å². The highest BCUT2D eigenvalue weighted by molar-refractivity contribution is 5.90. The zero-order valence-electron chi connectivity index (χ0n) is 13.7. The van der Waals surface area contributed by atoms with E-state index in [9.17, 15) is 4.79 Å². The van der Waals surface area contributed by atoms with Gasteiger partial charge in [0.25, 0.3) is 0 Å². The van der Waals surface area contributed by atoms with Crippen molar-refractivity contribution in [3.8, 4) is 11.8 Å². The fraction of sp³-hybridized carbons (Fsp3) is 0.211. The smallest absolute Gasteiger partial charge is 0.320 e. The Morgan fingerprint density at radius 1 is 1.09 bits per heavy atom. The Hall–Kier alpha value is -2.93. The molecule has 2 amide bonds. The van der Waals surface area contributed by atoms with Gasteiger partial charge in [0.05, 0.1) is 12.2 Å². The molecule has 4 heteroatoms. The molecule has 23 heavy (non-hydrogen) atoms. The molecule has 0 radical (unpaired) electrons. The van der Waals surface area contributed by atoms with Crippen molar-refractivity contribution in [2.75, 3.05) is 30.9 Å². The number of anilines is 2. The second kappa shape index (κ2) is 7.90. The summed E-state index contributed by atoms with van der Waals surface area (Å²) in [6.07, 6.45) is 0. The Morgan fingerprint density at radius 3 is 2.52 bits per heavy atom. The lowest BCUT2D eigenvalue weighted by Gasteiger charge is -2.13. The lowest BCUT2D eigenvalue weighted by molar-refractivity contribution is 0.253. The van der Waals surface area contributed by atoms with Crippen molar-refractivity contribution in [3.05, 3.63) is 59.7 Å². The number of nitrogens with zero attached hydrogens (tertiary/aromatic N) is 1. The van der Waals surface area contributed by atoms with Gasteiger partial charge in [-0.2, -0.15) is 0 Å². The molecule has 2 aromatic carbocycles. The molecule has 0 saturated carbocycles. The number of rotatable bonds is 3. The molecular formula is C19H21N3O. The van der Waals surface area contributed by atoms with Gasteiger partial charge in [-0.3, -0.25) is 0 Å². The predicted molar refractivity (Wildman–Crippen MR) is 95.8 cm³/mol. The van der Waals surface area contributed by atoms with Crippen molar-refractivity contribution < 1.29 is 4.79 Å². The highest BCUT2D eigenvalue weighted by Gasteiger charge is 2.02.